The number of amides is 2. The minimum atomic E-state index is -0.341. The van der Waals surface area contributed by atoms with Crippen LogP contribution in [0.25, 0.3) is 5.69 Å². The molecule has 2 N–H and O–H groups in total. The van der Waals surface area contributed by atoms with Crippen molar-refractivity contribution in [3.8, 4) is 11.4 Å². The van der Waals surface area contributed by atoms with Gasteiger partial charge in [-0.1, -0.05) is 39.0 Å². The third kappa shape index (κ3) is 5.61. The van der Waals surface area contributed by atoms with Crippen LogP contribution in [0, 0.1) is 0 Å². The lowest BCUT2D eigenvalue weighted by Gasteiger charge is -2.14. The Hall–Kier alpha value is -4.13. The molecule has 4 rings (SSSR count). The van der Waals surface area contributed by atoms with Crippen LogP contribution in [0.1, 0.15) is 37.6 Å². The van der Waals surface area contributed by atoms with Crippen molar-refractivity contribution in [2.45, 2.75) is 32.6 Å². The summed E-state index contributed by atoms with van der Waals surface area (Å²) in [6, 6.07) is 20.9. The molecular formula is C27H29N5O2. The first-order valence-corrected chi connectivity index (χ1v) is 11.1. The fraction of sp³-hybridized carbons (Fsp3) is 0.222. The second kappa shape index (κ2) is 9.79. The van der Waals surface area contributed by atoms with Crippen molar-refractivity contribution in [1.82, 2.24) is 14.8 Å². The van der Waals surface area contributed by atoms with E-state index in [2.05, 4.69) is 36.4 Å². The molecule has 2 aromatic heterocycles. The predicted molar refractivity (Wildman–Crippen MR) is 135 cm³/mol. The highest BCUT2D eigenvalue weighted by Gasteiger charge is 2.21. The van der Waals surface area contributed by atoms with Gasteiger partial charge in [0.1, 0.15) is 11.6 Å². The average molecular weight is 456 g/mol. The second-order valence-electron chi connectivity index (χ2n) is 9.09. The quantitative estimate of drug-likeness (QED) is 0.385. The van der Waals surface area contributed by atoms with Crippen LogP contribution in [-0.4, -0.2) is 27.9 Å². The Labute approximate surface area is 199 Å². The molecule has 0 aliphatic rings. The number of carbonyl (C=O) groups is 1. The molecule has 0 unspecified atom stereocenters. The summed E-state index contributed by atoms with van der Waals surface area (Å²) in [5.74, 6) is 1.29. The summed E-state index contributed by atoms with van der Waals surface area (Å²) in [4.78, 5) is 16.9. The van der Waals surface area contributed by atoms with Gasteiger partial charge in [-0.05, 0) is 53.9 Å². The van der Waals surface area contributed by atoms with E-state index in [-0.39, 0.29) is 11.4 Å². The molecule has 0 atom stereocenters. The maximum atomic E-state index is 12.8. The average Bonchev–Trinajstić information content (AvgIpc) is 3.25. The van der Waals surface area contributed by atoms with Gasteiger partial charge in [-0.15, -0.1) is 0 Å². The molecule has 0 saturated carbocycles. The fourth-order valence-corrected chi connectivity index (χ4v) is 3.50. The number of methoxy groups -OCH3 is 1. The van der Waals surface area contributed by atoms with Crippen LogP contribution in [0.15, 0.2) is 79.1 Å². The van der Waals surface area contributed by atoms with Crippen molar-refractivity contribution in [3.05, 3.63) is 95.9 Å². The van der Waals surface area contributed by atoms with Gasteiger partial charge in [-0.2, -0.15) is 5.10 Å². The SMILES string of the molecule is COc1cccc(-n2nc(C(C)(C)C)cc2NC(=O)Nc2ccc(Cc3ccncc3)cc2)c1. The van der Waals surface area contributed by atoms with E-state index < -0.39 is 0 Å². The number of anilines is 2. The van der Waals surface area contributed by atoms with E-state index >= 15 is 0 Å². The molecule has 0 radical (unpaired) electrons. The van der Waals surface area contributed by atoms with Gasteiger partial charge in [-0.3, -0.25) is 10.3 Å². The molecule has 0 aliphatic heterocycles. The van der Waals surface area contributed by atoms with Crippen LogP contribution in [0.4, 0.5) is 16.3 Å². The number of rotatable bonds is 6. The molecule has 7 heteroatoms. The molecule has 2 aromatic carbocycles. The Bertz CT molecular complexity index is 1260. The third-order valence-corrected chi connectivity index (χ3v) is 5.39. The zero-order valence-electron chi connectivity index (χ0n) is 19.9. The van der Waals surface area contributed by atoms with Gasteiger partial charge < -0.3 is 10.1 Å². The maximum absolute atomic E-state index is 12.8. The number of carbonyl (C=O) groups excluding carboxylic acids is 1. The fourth-order valence-electron chi connectivity index (χ4n) is 3.50. The Morgan fingerprint density at radius 1 is 0.941 bits per heavy atom. The van der Waals surface area contributed by atoms with E-state index in [1.54, 1.807) is 24.2 Å². The van der Waals surface area contributed by atoms with Crippen molar-refractivity contribution in [2.24, 2.45) is 0 Å². The van der Waals surface area contributed by atoms with Gasteiger partial charge in [0.25, 0.3) is 0 Å². The zero-order chi connectivity index (χ0) is 24.1. The summed E-state index contributed by atoms with van der Waals surface area (Å²) in [6.45, 7) is 6.26. The lowest BCUT2D eigenvalue weighted by molar-refractivity contribution is 0.262. The van der Waals surface area contributed by atoms with Crippen molar-refractivity contribution < 1.29 is 9.53 Å². The van der Waals surface area contributed by atoms with E-state index in [0.717, 1.165) is 23.4 Å². The Kier molecular flexibility index (Phi) is 6.63. The maximum Gasteiger partial charge on any atom is 0.324 e. The van der Waals surface area contributed by atoms with Crippen LogP contribution in [0.2, 0.25) is 0 Å². The number of hydrogen-bond donors (Lipinski definition) is 2. The standard InChI is InChI=1S/C27H29N5O2/c1-27(2,3)24-18-25(32(31-24)22-6-5-7-23(17-22)34-4)30-26(33)29-21-10-8-19(9-11-21)16-20-12-14-28-15-13-20/h5-15,17-18H,16H2,1-4H3,(H2,29,30,33). The molecule has 0 bridgehead atoms. The van der Waals surface area contributed by atoms with E-state index in [1.165, 1.54) is 5.56 Å². The highest BCUT2D eigenvalue weighted by molar-refractivity contribution is 5.99. The molecule has 0 saturated heterocycles. The Morgan fingerprint density at radius 3 is 2.32 bits per heavy atom. The molecule has 34 heavy (non-hydrogen) atoms. The van der Waals surface area contributed by atoms with Gasteiger partial charge >= 0.3 is 6.03 Å². The number of pyridine rings is 1. The first-order chi connectivity index (χ1) is 16.3. The molecule has 0 spiro atoms. The number of aromatic nitrogens is 3. The van der Waals surface area contributed by atoms with Gasteiger partial charge in [0, 0.05) is 35.6 Å². The lowest BCUT2D eigenvalue weighted by Crippen LogP contribution is -2.21. The van der Waals surface area contributed by atoms with Crippen molar-refractivity contribution >= 4 is 17.5 Å². The first kappa shape index (κ1) is 23.0. The smallest absolute Gasteiger partial charge is 0.324 e. The van der Waals surface area contributed by atoms with Crippen LogP contribution in [-0.2, 0) is 11.8 Å². The van der Waals surface area contributed by atoms with Crippen molar-refractivity contribution in [2.75, 3.05) is 17.7 Å². The van der Waals surface area contributed by atoms with E-state index in [4.69, 9.17) is 9.84 Å². The molecule has 7 nitrogen and oxygen atoms in total. The number of nitrogens with one attached hydrogen (secondary N) is 2. The van der Waals surface area contributed by atoms with Gasteiger partial charge in [0.15, 0.2) is 0 Å². The van der Waals surface area contributed by atoms with Crippen LogP contribution >= 0.6 is 0 Å². The first-order valence-electron chi connectivity index (χ1n) is 11.1. The number of nitrogens with zero attached hydrogens (tertiary/aromatic N) is 3. The minimum Gasteiger partial charge on any atom is -0.497 e. The van der Waals surface area contributed by atoms with Crippen LogP contribution in [0.5, 0.6) is 5.75 Å². The molecule has 2 amide bonds. The normalized spacial score (nSPS) is 11.2. The van der Waals surface area contributed by atoms with E-state index in [9.17, 15) is 4.79 Å². The van der Waals surface area contributed by atoms with Crippen molar-refractivity contribution in [1.29, 1.82) is 0 Å². The number of urea groups is 1. The largest absolute Gasteiger partial charge is 0.497 e. The number of hydrogen-bond acceptors (Lipinski definition) is 4. The molecule has 0 aliphatic carbocycles. The van der Waals surface area contributed by atoms with Crippen LogP contribution < -0.4 is 15.4 Å². The van der Waals surface area contributed by atoms with Gasteiger partial charge in [-0.25, -0.2) is 9.48 Å². The van der Waals surface area contributed by atoms with Gasteiger partial charge in [0.2, 0.25) is 0 Å². The van der Waals surface area contributed by atoms with Crippen LogP contribution in [0.3, 0.4) is 0 Å². The topological polar surface area (TPSA) is 81.1 Å². The molecule has 0 fully saturated rings. The zero-order valence-corrected chi connectivity index (χ0v) is 19.9. The lowest BCUT2D eigenvalue weighted by atomic mass is 9.92. The summed E-state index contributed by atoms with van der Waals surface area (Å²) in [7, 11) is 1.62. The minimum absolute atomic E-state index is 0.179. The summed E-state index contributed by atoms with van der Waals surface area (Å²) < 4.78 is 7.08. The Morgan fingerprint density at radius 2 is 1.65 bits per heavy atom. The third-order valence-electron chi connectivity index (χ3n) is 5.39. The monoisotopic (exact) mass is 455 g/mol. The van der Waals surface area contributed by atoms with E-state index in [1.807, 2.05) is 66.7 Å². The molecular weight excluding hydrogens is 426 g/mol. The summed E-state index contributed by atoms with van der Waals surface area (Å²) >= 11 is 0. The molecule has 174 valence electrons. The predicted octanol–water partition coefficient (Wildman–Crippen LogP) is 5.81. The number of ether oxygens (including phenoxy) is 1. The summed E-state index contributed by atoms with van der Waals surface area (Å²) in [5, 5.41) is 10.6. The summed E-state index contributed by atoms with van der Waals surface area (Å²) in [6.07, 6.45) is 4.39. The van der Waals surface area contributed by atoms with Crippen molar-refractivity contribution in [3.63, 3.8) is 0 Å². The molecule has 4 aromatic rings. The Balaban J connectivity index is 1.50. The van der Waals surface area contributed by atoms with Gasteiger partial charge in [0.05, 0.1) is 18.5 Å². The summed E-state index contributed by atoms with van der Waals surface area (Å²) in [5.41, 5.74) is 4.54. The molecule has 2 heterocycles. The number of benzene rings is 2. The second-order valence-corrected chi connectivity index (χ2v) is 9.09. The van der Waals surface area contributed by atoms with E-state index in [0.29, 0.717) is 17.3 Å². The highest BCUT2D eigenvalue weighted by atomic mass is 16.5. The highest BCUT2D eigenvalue weighted by Crippen LogP contribution is 2.27.